The lowest BCUT2D eigenvalue weighted by molar-refractivity contribution is -0.000753. The Morgan fingerprint density at radius 2 is 2.46 bits per heavy atom. The SMILES string of the molecule is Cc1nc(CO[C@@H]2CO[C@@]3(CCN(Cc4cccnc4)C3)C2)cs1. The highest BCUT2D eigenvalue weighted by Gasteiger charge is 2.45. The number of hydrogen-bond donors (Lipinski definition) is 0. The highest BCUT2D eigenvalue weighted by molar-refractivity contribution is 7.09. The van der Waals surface area contributed by atoms with Crippen LogP contribution in [0, 0.1) is 6.92 Å². The molecule has 4 rings (SSSR count). The van der Waals surface area contributed by atoms with Gasteiger partial charge in [0.25, 0.3) is 0 Å². The van der Waals surface area contributed by atoms with Crippen LogP contribution in [0.2, 0.25) is 0 Å². The largest absolute Gasteiger partial charge is 0.371 e. The number of aromatic nitrogens is 2. The lowest BCUT2D eigenvalue weighted by Crippen LogP contribution is -2.33. The van der Waals surface area contributed by atoms with Gasteiger partial charge >= 0.3 is 0 Å². The number of aryl methyl sites for hydroxylation is 1. The van der Waals surface area contributed by atoms with Gasteiger partial charge in [0.1, 0.15) is 0 Å². The fraction of sp³-hybridized carbons (Fsp3) is 0.556. The van der Waals surface area contributed by atoms with E-state index in [2.05, 4.69) is 26.3 Å². The molecule has 5 nitrogen and oxygen atoms in total. The summed E-state index contributed by atoms with van der Waals surface area (Å²) in [7, 11) is 0. The van der Waals surface area contributed by atoms with Gasteiger partial charge in [0, 0.05) is 43.8 Å². The summed E-state index contributed by atoms with van der Waals surface area (Å²) in [4.78, 5) is 11.1. The first-order valence-corrected chi connectivity index (χ1v) is 9.37. The molecular formula is C18H23N3O2S. The Bertz CT molecular complexity index is 678. The zero-order valence-electron chi connectivity index (χ0n) is 14.0. The van der Waals surface area contributed by atoms with Crippen LogP contribution in [-0.4, -0.2) is 46.3 Å². The van der Waals surface area contributed by atoms with Gasteiger partial charge < -0.3 is 9.47 Å². The van der Waals surface area contributed by atoms with Crippen molar-refractivity contribution in [1.82, 2.24) is 14.9 Å². The van der Waals surface area contributed by atoms with Crippen molar-refractivity contribution in [3.63, 3.8) is 0 Å². The molecule has 2 fully saturated rings. The number of thiazole rings is 1. The molecule has 0 radical (unpaired) electrons. The van der Waals surface area contributed by atoms with Crippen molar-refractivity contribution in [3.8, 4) is 0 Å². The molecule has 0 aliphatic carbocycles. The molecule has 0 unspecified atom stereocenters. The number of pyridine rings is 1. The molecule has 2 aliphatic rings. The van der Waals surface area contributed by atoms with Crippen LogP contribution in [-0.2, 0) is 22.6 Å². The van der Waals surface area contributed by atoms with Crippen LogP contribution in [0.4, 0.5) is 0 Å². The monoisotopic (exact) mass is 345 g/mol. The van der Waals surface area contributed by atoms with E-state index in [1.165, 1.54) is 5.56 Å². The van der Waals surface area contributed by atoms with Gasteiger partial charge in [-0.1, -0.05) is 6.07 Å². The summed E-state index contributed by atoms with van der Waals surface area (Å²) in [6.07, 6.45) is 6.02. The molecule has 0 amide bonds. The first-order valence-electron chi connectivity index (χ1n) is 8.49. The highest BCUT2D eigenvalue weighted by Crippen LogP contribution is 2.37. The standard InChI is InChI=1S/C18H23N3O2S/c1-14-20-16(12-24-14)10-22-17-7-18(23-11-17)4-6-21(13-18)9-15-3-2-5-19-8-15/h2-3,5,8,12,17H,4,6-7,9-11,13H2,1H3/t17-,18-/m0/s1. The molecule has 24 heavy (non-hydrogen) atoms. The maximum atomic E-state index is 6.18. The Morgan fingerprint density at radius 1 is 1.50 bits per heavy atom. The van der Waals surface area contributed by atoms with Crippen LogP contribution in [0.5, 0.6) is 0 Å². The molecule has 0 N–H and O–H groups in total. The number of likely N-dealkylation sites (tertiary alicyclic amines) is 1. The molecule has 0 aromatic carbocycles. The molecule has 6 heteroatoms. The normalized spacial score (nSPS) is 27.3. The van der Waals surface area contributed by atoms with Gasteiger partial charge in [-0.05, 0) is 25.0 Å². The minimum absolute atomic E-state index is 0.0229. The van der Waals surface area contributed by atoms with Crippen LogP contribution >= 0.6 is 11.3 Å². The van der Waals surface area contributed by atoms with Crippen molar-refractivity contribution in [2.24, 2.45) is 0 Å². The molecule has 2 atom stereocenters. The van der Waals surface area contributed by atoms with E-state index in [0.29, 0.717) is 13.2 Å². The molecule has 0 bridgehead atoms. The Balaban J connectivity index is 1.28. The van der Waals surface area contributed by atoms with E-state index in [0.717, 1.165) is 43.2 Å². The molecule has 0 saturated carbocycles. The van der Waals surface area contributed by atoms with E-state index in [1.807, 2.05) is 25.4 Å². The summed E-state index contributed by atoms with van der Waals surface area (Å²) in [6, 6.07) is 4.13. The Morgan fingerprint density at radius 3 is 3.25 bits per heavy atom. The minimum atomic E-state index is -0.0229. The Kier molecular flexibility index (Phi) is 4.63. The topological polar surface area (TPSA) is 47.5 Å². The second-order valence-electron chi connectivity index (χ2n) is 6.81. The zero-order valence-corrected chi connectivity index (χ0v) is 14.8. The van der Waals surface area contributed by atoms with E-state index in [1.54, 1.807) is 11.3 Å². The summed E-state index contributed by atoms with van der Waals surface area (Å²) < 4.78 is 12.2. The lowest BCUT2D eigenvalue weighted by atomic mass is 9.98. The zero-order chi connectivity index (χ0) is 16.4. The van der Waals surface area contributed by atoms with Gasteiger partial charge in [0.2, 0.25) is 0 Å². The van der Waals surface area contributed by atoms with E-state index >= 15 is 0 Å². The van der Waals surface area contributed by atoms with Crippen molar-refractivity contribution < 1.29 is 9.47 Å². The van der Waals surface area contributed by atoms with Crippen molar-refractivity contribution >= 4 is 11.3 Å². The van der Waals surface area contributed by atoms with Gasteiger partial charge in [-0.25, -0.2) is 4.98 Å². The highest BCUT2D eigenvalue weighted by atomic mass is 32.1. The van der Waals surface area contributed by atoms with Crippen molar-refractivity contribution in [1.29, 1.82) is 0 Å². The summed E-state index contributed by atoms with van der Waals surface area (Å²) in [5.41, 5.74) is 2.27. The maximum Gasteiger partial charge on any atom is 0.0901 e. The fourth-order valence-electron chi connectivity index (χ4n) is 3.68. The molecule has 2 aromatic heterocycles. The summed E-state index contributed by atoms with van der Waals surface area (Å²) >= 11 is 1.67. The summed E-state index contributed by atoms with van der Waals surface area (Å²) in [6.45, 7) is 6.32. The van der Waals surface area contributed by atoms with Crippen molar-refractivity contribution in [2.75, 3.05) is 19.7 Å². The third kappa shape index (κ3) is 3.67. The lowest BCUT2D eigenvalue weighted by Gasteiger charge is -2.23. The Hall–Kier alpha value is -1.34. The number of rotatable bonds is 5. The fourth-order valence-corrected chi connectivity index (χ4v) is 4.28. The second kappa shape index (κ2) is 6.88. The molecule has 1 spiro atoms. The summed E-state index contributed by atoms with van der Waals surface area (Å²) in [5, 5.41) is 3.17. The molecule has 2 saturated heterocycles. The number of hydrogen-bond acceptors (Lipinski definition) is 6. The van der Waals surface area contributed by atoms with Gasteiger partial charge in [0.15, 0.2) is 0 Å². The predicted molar refractivity (Wildman–Crippen MR) is 92.9 cm³/mol. The first kappa shape index (κ1) is 16.1. The second-order valence-corrected chi connectivity index (χ2v) is 7.87. The molecule has 2 aliphatic heterocycles. The Labute approximate surface area is 146 Å². The van der Waals surface area contributed by atoms with E-state index in [4.69, 9.17) is 9.47 Å². The maximum absolute atomic E-state index is 6.18. The van der Waals surface area contributed by atoms with Crippen LogP contribution in [0.3, 0.4) is 0 Å². The quantitative estimate of drug-likeness (QED) is 0.834. The van der Waals surface area contributed by atoms with Crippen LogP contribution in [0.15, 0.2) is 29.9 Å². The smallest absolute Gasteiger partial charge is 0.0901 e. The van der Waals surface area contributed by atoms with E-state index in [-0.39, 0.29) is 11.7 Å². The number of nitrogens with zero attached hydrogens (tertiary/aromatic N) is 3. The third-order valence-electron chi connectivity index (χ3n) is 4.83. The molecule has 4 heterocycles. The van der Waals surface area contributed by atoms with Crippen LogP contribution in [0.25, 0.3) is 0 Å². The van der Waals surface area contributed by atoms with Gasteiger partial charge in [0.05, 0.1) is 35.6 Å². The average molecular weight is 345 g/mol. The van der Waals surface area contributed by atoms with Gasteiger partial charge in [-0.3, -0.25) is 9.88 Å². The van der Waals surface area contributed by atoms with Crippen molar-refractivity contribution in [2.45, 2.75) is 44.6 Å². The number of ether oxygens (including phenoxy) is 2. The van der Waals surface area contributed by atoms with Crippen LogP contribution in [0.1, 0.15) is 29.1 Å². The molecule has 2 aromatic rings. The third-order valence-corrected chi connectivity index (χ3v) is 5.66. The van der Waals surface area contributed by atoms with E-state index < -0.39 is 0 Å². The minimum Gasteiger partial charge on any atom is -0.371 e. The van der Waals surface area contributed by atoms with E-state index in [9.17, 15) is 0 Å². The average Bonchev–Trinajstić information content (AvgIpc) is 3.29. The predicted octanol–water partition coefficient (Wildman–Crippen LogP) is 2.80. The van der Waals surface area contributed by atoms with Crippen molar-refractivity contribution in [3.05, 3.63) is 46.2 Å². The first-order chi connectivity index (χ1) is 11.7. The van der Waals surface area contributed by atoms with Crippen LogP contribution < -0.4 is 0 Å². The summed E-state index contributed by atoms with van der Waals surface area (Å²) in [5.74, 6) is 0. The van der Waals surface area contributed by atoms with Gasteiger partial charge in [-0.15, -0.1) is 11.3 Å². The molecular weight excluding hydrogens is 322 g/mol. The molecule has 128 valence electrons. The van der Waals surface area contributed by atoms with Gasteiger partial charge in [-0.2, -0.15) is 0 Å².